The van der Waals surface area contributed by atoms with Gasteiger partial charge in [0, 0.05) is 7.11 Å². The van der Waals surface area contributed by atoms with E-state index in [0.29, 0.717) is 11.3 Å². The van der Waals surface area contributed by atoms with Crippen LogP contribution in [0.4, 0.5) is 13.2 Å². The molecule has 0 unspecified atom stereocenters. The van der Waals surface area contributed by atoms with Crippen LogP contribution in [0.5, 0.6) is 0 Å². The van der Waals surface area contributed by atoms with Crippen molar-refractivity contribution in [1.29, 1.82) is 0 Å². The molecule has 0 aliphatic heterocycles. The van der Waals surface area contributed by atoms with Crippen LogP contribution in [0.25, 0.3) is 0 Å². The lowest BCUT2D eigenvalue weighted by molar-refractivity contribution is -0.141. The van der Waals surface area contributed by atoms with E-state index in [0.717, 1.165) is 6.07 Å². The van der Waals surface area contributed by atoms with Crippen LogP contribution < -0.4 is 0 Å². The number of halogens is 3. The Morgan fingerprint density at radius 1 is 1.36 bits per heavy atom. The average molecular weight is 205 g/mol. The van der Waals surface area contributed by atoms with E-state index in [1.807, 2.05) is 0 Å². The molecule has 5 heteroatoms. The second-order valence-electron chi connectivity index (χ2n) is 2.89. The first kappa shape index (κ1) is 11.0. The molecule has 1 aromatic rings. The summed E-state index contributed by atoms with van der Waals surface area (Å²) in [7, 11) is 1.42. The second kappa shape index (κ2) is 3.96. The van der Waals surface area contributed by atoms with Gasteiger partial charge >= 0.3 is 6.18 Å². The normalized spacial score (nSPS) is 11.8. The third-order valence-corrected chi connectivity index (χ3v) is 1.77. The lowest BCUT2D eigenvalue weighted by Crippen LogP contribution is -2.10. The summed E-state index contributed by atoms with van der Waals surface area (Å²) in [6.07, 6.45) is -4.39. The van der Waals surface area contributed by atoms with E-state index in [9.17, 15) is 13.2 Å². The lowest BCUT2D eigenvalue weighted by Gasteiger charge is -2.09. The molecule has 0 fully saturated rings. The first-order valence-corrected chi connectivity index (χ1v) is 3.98. The lowest BCUT2D eigenvalue weighted by atomic mass is 10.2. The van der Waals surface area contributed by atoms with Crippen LogP contribution in [0.15, 0.2) is 12.1 Å². The summed E-state index contributed by atoms with van der Waals surface area (Å²) in [5, 5.41) is 0. The van der Waals surface area contributed by atoms with Gasteiger partial charge in [0.05, 0.1) is 12.3 Å². The maximum atomic E-state index is 12.2. The van der Waals surface area contributed by atoms with Crippen LogP contribution in [-0.2, 0) is 17.5 Å². The van der Waals surface area contributed by atoms with Crippen LogP contribution in [0.3, 0.4) is 0 Å². The smallest absolute Gasteiger partial charge is 0.378 e. The highest BCUT2D eigenvalue weighted by molar-refractivity contribution is 5.22. The Kier molecular flexibility index (Phi) is 3.10. The van der Waals surface area contributed by atoms with E-state index >= 15 is 0 Å². The highest BCUT2D eigenvalue weighted by atomic mass is 19.4. The van der Waals surface area contributed by atoms with Gasteiger partial charge in [-0.15, -0.1) is 0 Å². The first-order chi connectivity index (χ1) is 6.45. The fourth-order valence-electron chi connectivity index (χ4n) is 1.01. The first-order valence-electron chi connectivity index (χ1n) is 3.98. The number of rotatable bonds is 2. The minimum Gasteiger partial charge on any atom is -0.378 e. The van der Waals surface area contributed by atoms with Gasteiger partial charge in [-0.25, -0.2) is 4.98 Å². The molecule has 14 heavy (non-hydrogen) atoms. The van der Waals surface area contributed by atoms with Gasteiger partial charge < -0.3 is 4.74 Å². The average Bonchev–Trinajstić information content (AvgIpc) is 2.07. The molecule has 0 N–H and O–H groups in total. The number of nitrogens with zero attached hydrogens (tertiary/aromatic N) is 1. The molecular formula is C9H10F3NO. The zero-order chi connectivity index (χ0) is 10.8. The minimum atomic E-state index is -4.39. The van der Waals surface area contributed by atoms with Gasteiger partial charge in [-0.2, -0.15) is 13.2 Å². The van der Waals surface area contributed by atoms with Crippen molar-refractivity contribution in [2.45, 2.75) is 19.7 Å². The van der Waals surface area contributed by atoms with E-state index in [4.69, 9.17) is 4.74 Å². The Hall–Kier alpha value is -1.10. The molecule has 0 amide bonds. The summed E-state index contributed by atoms with van der Waals surface area (Å²) in [6, 6.07) is 2.36. The van der Waals surface area contributed by atoms with Crippen molar-refractivity contribution >= 4 is 0 Å². The van der Waals surface area contributed by atoms with Crippen molar-refractivity contribution in [3.05, 3.63) is 29.1 Å². The predicted octanol–water partition coefficient (Wildman–Crippen LogP) is 2.56. The molecule has 0 saturated heterocycles. The van der Waals surface area contributed by atoms with Crippen molar-refractivity contribution in [3.63, 3.8) is 0 Å². The number of hydrogen-bond acceptors (Lipinski definition) is 2. The largest absolute Gasteiger partial charge is 0.433 e. The number of aryl methyl sites for hydroxylation is 1. The van der Waals surface area contributed by atoms with Gasteiger partial charge in [-0.05, 0) is 18.6 Å². The second-order valence-corrected chi connectivity index (χ2v) is 2.89. The molecule has 0 aromatic carbocycles. The third kappa shape index (κ3) is 2.45. The minimum absolute atomic E-state index is 0.0930. The zero-order valence-electron chi connectivity index (χ0n) is 7.85. The molecule has 0 aliphatic carbocycles. The van der Waals surface area contributed by atoms with E-state index in [-0.39, 0.29) is 6.61 Å². The predicted molar refractivity (Wildman–Crippen MR) is 44.7 cm³/mol. The SMILES string of the molecule is COCc1nc(C(F)(F)F)ccc1C. The molecule has 2 nitrogen and oxygen atoms in total. The maximum Gasteiger partial charge on any atom is 0.433 e. The summed E-state index contributed by atoms with van der Waals surface area (Å²) in [6.45, 7) is 1.79. The van der Waals surface area contributed by atoms with Gasteiger partial charge in [0.1, 0.15) is 5.69 Å². The van der Waals surface area contributed by atoms with Gasteiger partial charge in [0.2, 0.25) is 0 Å². The van der Waals surface area contributed by atoms with Crippen LogP contribution in [0.1, 0.15) is 17.0 Å². The molecule has 0 spiro atoms. The Bertz CT molecular complexity index is 322. The van der Waals surface area contributed by atoms with Crippen LogP contribution >= 0.6 is 0 Å². The number of aromatic nitrogens is 1. The van der Waals surface area contributed by atoms with Gasteiger partial charge in [0.15, 0.2) is 0 Å². The van der Waals surface area contributed by atoms with Gasteiger partial charge in [-0.1, -0.05) is 6.07 Å². The van der Waals surface area contributed by atoms with Gasteiger partial charge in [0.25, 0.3) is 0 Å². The van der Waals surface area contributed by atoms with Crippen molar-refractivity contribution in [2.24, 2.45) is 0 Å². The van der Waals surface area contributed by atoms with Crippen molar-refractivity contribution in [2.75, 3.05) is 7.11 Å². The van der Waals surface area contributed by atoms with E-state index in [2.05, 4.69) is 4.98 Å². The standard InChI is InChI=1S/C9H10F3NO/c1-6-3-4-8(9(10,11)12)13-7(6)5-14-2/h3-4H,5H2,1-2H3. The molecule has 0 atom stereocenters. The molecule has 0 bridgehead atoms. The van der Waals surface area contributed by atoms with Crippen molar-refractivity contribution in [1.82, 2.24) is 4.98 Å². The number of hydrogen-bond donors (Lipinski definition) is 0. The number of pyridine rings is 1. The molecule has 1 aromatic heterocycles. The number of ether oxygens (including phenoxy) is 1. The van der Waals surface area contributed by atoms with E-state index in [1.165, 1.54) is 13.2 Å². The monoisotopic (exact) mass is 205 g/mol. The molecule has 1 heterocycles. The molecule has 78 valence electrons. The highest BCUT2D eigenvalue weighted by Crippen LogP contribution is 2.28. The number of alkyl halides is 3. The Balaban J connectivity index is 3.06. The Morgan fingerprint density at radius 2 is 2.00 bits per heavy atom. The fraction of sp³-hybridized carbons (Fsp3) is 0.444. The molecular weight excluding hydrogens is 195 g/mol. The topological polar surface area (TPSA) is 22.1 Å². The Morgan fingerprint density at radius 3 is 2.50 bits per heavy atom. The quantitative estimate of drug-likeness (QED) is 0.740. The summed E-state index contributed by atoms with van der Waals surface area (Å²) in [5.41, 5.74) is 0.136. The van der Waals surface area contributed by atoms with Crippen molar-refractivity contribution in [3.8, 4) is 0 Å². The summed E-state index contributed by atoms with van der Waals surface area (Å²) >= 11 is 0. The van der Waals surface area contributed by atoms with Crippen LogP contribution in [0, 0.1) is 6.92 Å². The fourth-order valence-corrected chi connectivity index (χ4v) is 1.01. The zero-order valence-corrected chi connectivity index (χ0v) is 7.85. The van der Waals surface area contributed by atoms with E-state index in [1.54, 1.807) is 6.92 Å². The molecule has 0 aliphatic rings. The third-order valence-electron chi connectivity index (χ3n) is 1.77. The maximum absolute atomic E-state index is 12.2. The summed E-state index contributed by atoms with van der Waals surface area (Å²) in [4.78, 5) is 3.48. The van der Waals surface area contributed by atoms with Crippen LogP contribution in [0.2, 0.25) is 0 Å². The molecule has 0 radical (unpaired) electrons. The highest BCUT2D eigenvalue weighted by Gasteiger charge is 2.32. The number of methoxy groups -OCH3 is 1. The van der Waals surface area contributed by atoms with Crippen molar-refractivity contribution < 1.29 is 17.9 Å². The van der Waals surface area contributed by atoms with Gasteiger partial charge in [-0.3, -0.25) is 0 Å². The summed E-state index contributed by atoms with van der Waals surface area (Å²) in [5.74, 6) is 0. The Labute approximate surface area is 79.7 Å². The molecule has 1 rings (SSSR count). The molecule has 0 saturated carbocycles. The van der Waals surface area contributed by atoms with E-state index < -0.39 is 11.9 Å². The van der Waals surface area contributed by atoms with Crippen LogP contribution in [-0.4, -0.2) is 12.1 Å². The summed E-state index contributed by atoms with van der Waals surface area (Å²) < 4.78 is 41.5.